The molecule has 0 radical (unpaired) electrons. The number of hydrogen-bond acceptors (Lipinski definition) is 10. The van der Waals surface area contributed by atoms with Crippen LogP contribution in [-0.4, -0.2) is 49.2 Å². The Morgan fingerprint density at radius 2 is 1.83 bits per heavy atom. The highest BCUT2D eigenvalue weighted by molar-refractivity contribution is 7.09. The maximum absolute atomic E-state index is 14.1. The van der Waals surface area contributed by atoms with Crippen molar-refractivity contribution in [2.45, 2.75) is 71.1 Å². The van der Waals surface area contributed by atoms with Gasteiger partial charge in [0.25, 0.3) is 5.91 Å². The average Bonchev–Trinajstić information content (AvgIpc) is 3.83. The first-order valence-electron chi connectivity index (χ1n) is 15.1. The number of aromatic nitrogens is 4. The van der Waals surface area contributed by atoms with Crippen molar-refractivity contribution in [1.29, 1.82) is 0 Å². The Hall–Kier alpha value is -4.84. The monoisotopic (exact) mass is 640 g/mol. The molecular formula is C34H36N6O5S. The van der Waals surface area contributed by atoms with Crippen molar-refractivity contribution >= 4 is 23.3 Å². The standard InChI is InChI=1S/C34H36N6O5S/c1-21-20-46-29(36-21)26-12-9-14-40(26)30(41)25-17-23(27-35-13-15-43-27)16-24(18-25)28-38-39-31(44-28)34(5,19-22-10-7-6-8-11-22)37-32(42)45-33(2,3)4/h6-8,10-11,13,15-18,20,26H,9,12,14,19H2,1-5H3,(H,37,42). The van der Waals surface area contributed by atoms with E-state index in [1.807, 2.05) is 54.5 Å². The smallest absolute Gasteiger partial charge is 0.408 e. The number of oxazole rings is 1. The fourth-order valence-electron chi connectivity index (χ4n) is 5.59. The summed E-state index contributed by atoms with van der Waals surface area (Å²) in [7, 11) is 0. The number of alkyl carbamates (subject to hydrolysis) is 1. The topological polar surface area (TPSA) is 136 Å². The Kier molecular flexibility index (Phi) is 8.47. The molecule has 2 atom stereocenters. The summed E-state index contributed by atoms with van der Waals surface area (Å²) in [5, 5.41) is 14.6. The molecule has 0 aliphatic carbocycles. The summed E-state index contributed by atoms with van der Waals surface area (Å²) in [6.07, 6.45) is 4.52. The van der Waals surface area contributed by atoms with E-state index in [2.05, 4.69) is 25.5 Å². The van der Waals surface area contributed by atoms with Crippen molar-refractivity contribution in [2.24, 2.45) is 0 Å². The Morgan fingerprint density at radius 1 is 1.07 bits per heavy atom. The SMILES string of the molecule is Cc1csc(C2CCCN2C(=O)c2cc(-c3ncco3)cc(-c3nnc(C(C)(Cc4ccccc4)NC(=O)OC(C)(C)C)o3)c2)n1. The molecule has 1 fully saturated rings. The molecule has 0 bridgehead atoms. The summed E-state index contributed by atoms with van der Waals surface area (Å²) < 4.78 is 17.5. The van der Waals surface area contributed by atoms with Gasteiger partial charge in [0.05, 0.1) is 12.2 Å². The van der Waals surface area contributed by atoms with Crippen LogP contribution in [0.1, 0.15) is 79.1 Å². The Bertz CT molecular complexity index is 1830. The summed E-state index contributed by atoms with van der Waals surface area (Å²) in [5.74, 6) is 0.580. The number of carbonyl (C=O) groups is 2. The van der Waals surface area contributed by atoms with Gasteiger partial charge >= 0.3 is 6.09 Å². The van der Waals surface area contributed by atoms with Crippen LogP contribution < -0.4 is 5.32 Å². The van der Waals surface area contributed by atoms with Crippen LogP contribution in [0.15, 0.2) is 75.2 Å². The van der Waals surface area contributed by atoms with E-state index in [1.54, 1.807) is 56.5 Å². The lowest BCUT2D eigenvalue weighted by Gasteiger charge is -2.29. The second-order valence-electron chi connectivity index (χ2n) is 12.7. The van der Waals surface area contributed by atoms with E-state index in [0.717, 1.165) is 29.1 Å². The highest BCUT2D eigenvalue weighted by atomic mass is 32.1. The van der Waals surface area contributed by atoms with Gasteiger partial charge in [-0.3, -0.25) is 4.79 Å². The number of thiazole rings is 1. The number of rotatable bonds is 8. The second kappa shape index (κ2) is 12.5. The van der Waals surface area contributed by atoms with E-state index in [9.17, 15) is 9.59 Å². The molecule has 2 aromatic carbocycles. The van der Waals surface area contributed by atoms with Gasteiger partial charge in [0.2, 0.25) is 17.7 Å². The van der Waals surface area contributed by atoms with Gasteiger partial charge in [-0.25, -0.2) is 14.8 Å². The van der Waals surface area contributed by atoms with Gasteiger partial charge in [0, 0.05) is 40.7 Å². The highest BCUT2D eigenvalue weighted by Crippen LogP contribution is 2.37. The third-order valence-electron chi connectivity index (χ3n) is 7.62. The molecule has 1 aliphatic rings. The van der Waals surface area contributed by atoms with Crippen molar-refractivity contribution in [3.05, 3.63) is 94.1 Å². The van der Waals surface area contributed by atoms with Crippen LogP contribution in [0.5, 0.6) is 0 Å². The quantitative estimate of drug-likeness (QED) is 0.188. The van der Waals surface area contributed by atoms with Crippen LogP contribution >= 0.6 is 11.3 Å². The van der Waals surface area contributed by atoms with Crippen molar-refractivity contribution in [3.63, 3.8) is 0 Å². The Labute approximate surface area is 271 Å². The number of likely N-dealkylation sites (tertiary alicyclic amines) is 1. The zero-order valence-electron chi connectivity index (χ0n) is 26.4. The normalized spacial score (nSPS) is 16.3. The Balaban J connectivity index is 1.36. The molecule has 0 saturated carbocycles. The Morgan fingerprint density at radius 3 is 2.50 bits per heavy atom. The molecule has 12 heteroatoms. The third kappa shape index (κ3) is 6.86. The van der Waals surface area contributed by atoms with Gasteiger partial charge in [0.15, 0.2) is 0 Å². The molecule has 11 nitrogen and oxygen atoms in total. The highest BCUT2D eigenvalue weighted by Gasteiger charge is 2.37. The van der Waals surface area contributed by atoms with Crippen LogP contribution in [0.2, 0.25) is 0 Å². The summed E-state index contributed by atoms with van der Waals surface area (Å²) in [6.45, 7) is 9.79. The summed E-state index contributed by atoms with van der Waals surface area (Å²) in [6, 6.07) is 14.9. The van der Waals surface area contributed by atoms with Crippen LogP contribution in [0.3, 0.4) is 0 Å². The van der Waals surface area contributed by atoms with Crippen LogP contribution in [0, 0.1) is 6.92 Å². The maximum Gasteiger partial charge on any atom is 0.408 e. The van der Waals surface area contributed by atoms with Gasteiger partial charge in [-0.05, 0) is 71.2 Å². The molecule has 238 valence electrons. The lowest BCUT2D eigenvalue weighted by molar-refractivity contribution is 0.0443. The van der Waals surface area contributed by atoms with Gasteiger partial charge in [-0.1, -0.05) is 30.3 Å². The van der Waals surface area contributed by atoms with Crippen LogP contribution in [0.25, 0.3) is 22.9 Å². The minimum Gasteiger partial charge on any atom is -0.445 e. The maximum atomic E-state index is 14.1. The van der Waals surface area contributed by atoms with E-state index in [4.69, 9.17) is 13.6 Å². The van der Waals surface area contributed by atoms with Crippen LogP contribution in [-0.2, 0) is 16.7 Å². The number of nitrogens with zero attached hydrogens (tertiary/aromatic N) is 5. The molecule has 3 aromatic heterocycles. The molecule has 46 heavy (non-hydrogen) atoms. The largest absolute Gasteiger partial charge is 0.445 e. The predicted octanol–water partition coefficient (Wildman–Crippen LogP) is 7.12. The first kappa shape index (κ1) is 31.2. The second-order valence-corrected chi connectivity index (χ2v) is 13.5. The van der Waals surface area contributed by atoms with E-state index >= 15 is 0 Å². The number of carbonyl (C=O) groups excluding carboxylic acids is 2. The van der Waals surface area contributed by atoms with Gasteiger partial charge in [-0.2, -0.15) is 0 Å². The first-order valence-corrected chi connectivity index (χ1v) is 16.0. The molecule has 5 aromatic rings. The number of amides is 2. The molecule has 2 amide bonds. The molecule has 1 saturated heterocycles. The third-order valence-corrected chi connectivity index (χ3v) is 8.68. The van der Waals surface area contributed by atoms with E-state index in [0.29, 0.717) is 35.5 Å². The molecule has 6 rings (SSSR count). The zero-order chi connectivity index (χ0) is 32.5. The molecular weight excluding hydrogens is 604 g/mol. The van der Waals surface area contributed by atoms with Crippen molar-refractivity contribution in [1.82, 2.24) is 30.4 Å². The molecule has 1 N–H and O–H groups in total. The van der Waals surface area contributed by atoms with Crippen molar-refractivity contribution in [3.8, 4) is 22.9 Å². The van der Waals surface area contributed by atoms with Gasteiger partial charge in [-0.15, -0.1) is 21.5 Å². The average molecular weight is 641 g/mol. The number of nitrogens with one attached hydrogen (secondary N) is 1. The van der Waals surface area contributed by atoms with Gasteiger partial charge in [0.1, 0.15) is 22.4 Å². The predicted molar refractivity (Wildman–Crippen MR) is 172 cm³/mol. The number of hydrogen-bond donors (Lipinski definition) is 1. The molecule has 1 aliphatic heterocycles. The summed E-state index contributed by atoms with van der Waals surface area (Å²) in [5.41, 5.74) is 1.62. The van der Waals surface area contributed by atoms with Gasteiger partial charge < -0.3 is 23.8 Å². The minimum atomic E-state index is -1.11. The summed E-state index contributed by atoms with van der Waals surface area (Å²) in [4.78, 5) is 37.9. The first-order chi connectivity index (χ1) is 22.0. The summed E-state index contributed by atoms with van der Waals surface area (Å²) >= 11 is 1.57. The number of ether oxygens (including phenoxy) is 1. The number of benzene rings is 2. The lowest BCUT2D eigenvalue weighted by atomic mass is 9.92. The molecule has 0 spiro atoms. The van der Waals surface area contributed by atoms with Crippen LogP contribution in [0.4, 0.5) is 4.79 Å². The number of aryl methyl sites for hydroxylation is 1. The van der Waals surface area contributed by atoms with E-state index in [1.165, 1.54) is 6.26 Å². The zero-order valence-corrected chi connectivity index (χ0v) is 27.3. The minimum absolute atomic E-state index is 0.0901. The molecule has 4 heterocycles. The lowest BCUT2D eigenvalue weighted by Crippen LogP contribution is -2.47. The fourth-order valence-corrected chi connectivity index (χ4v) is 6.53. The van der Waals surface area contributed by atoms with E-state index in [-0.39, 0.29) is 23.7 Å². The van der Waals surface area contributed by atoms with Crippen molar-refractivity contribution < 1.29 is 23.2 Å². The van der Waals surface area contributed by atoms with Crippen molar-refractivity contribution in [2.75, 3.05) is 6.54 Å². The fraction of sp³-hybridized carbons (Fsp3) is 0.353. The molecule has 2 unspecified atom stereocenters. The van der Waals surface area contributed by atoms with E-state index < -0.39 is 17.2 Å².